The molecule has 3 aromatic rings. The lowest BCUT2D eigenvalue weighted by atomic mass is 10.2. The van der Waals surface area contributed by atoms with E-state index in [4.69, 9.17) is 0 Å². The van der Waals surface area contributed by atoms with E-state index < -0.39 is 0 Å². The molecule has 118 valence electrons. The Morgan fingerprint density at radius 2 is 1.91 bits per heavy atom. The average Bonchev–Trinajstić information content (AvgIpc) is 2.89. The predicted molar refractivity (Wildman–Crippen MR) is 95.5 cm³/mol. The fraction of sp³-hybridized carbons (Fsp3) is 0.222. The van der Waals surface area contributed by atoms with Gasteiger partial charge in [-0.3, -0.25) is 4.79 Å². The number of nitrogens with one attached hydrogen (secondary N) is 1. The molecular formula is C18H18BrN3O. The van der Waals surface area contributed by atoms with Crippen molar-refractivity contribution in [2.24, 2.45) is 7.05 Å². The molecule has 0 fully saturated rings. The molecule has 23 heavy (non-hydrogen) atoms. The normalized spacial score (nSPS) is 10.9. The summed E-state index contributed by atoms with van der Waals surface area (Å²) in [5.74, 6) is 1.01. The second-order valence-electron chi connectivity index (χ2n) is 5.44. The minimum Gasteiger partial charge on any atom is -0.352 e. The summed E-state index contributed by atoms with van der Waals surface area (Å²) >= 11 is 3.36. The first-order valence-electron chi connectivity index (χ1n) is 7.59. The molecule has 1 N–H and O–H groups in total. The second-order valence-corrected chi connectivity index (χ2v) is 6.36. The van der Waals surface area contributed by atoms with Gasteiger partial charge < -0.3 is 9.88 Å². The number of benzene rings is 2. The van der Waals surface area contributed by atoms with Crippen LogP contribution in [0.1, 0.15) is 22.6 Å². The molecule has 0 bridgehead atoms. The largest absolute Gasteiger partial charge is 0.352 e. The molecule has 2 aromatic carbocycles. The summed E-state index contributed by atoms with van der Waals surface area (Å²) in [6, 6.07) is 15.5. The lowest BCUT2D eigenvalue weighted by Gasteiger charge is -2.06. The number of hydrogen-bond acceptors (Lipinski definition) is 2. The van der Waals surface area contributed by atoms with Gasteiger partial charge in [-0.05, 0) is 42.8 Å². The van der Waals surface area contributed by atoms with Gasteiger partial charge in [-0.1, -0.05) is 28.1 Å². The Kier molecular flexibility index (Phi) is 4.76. The topological polar surface area (TPSA) is 46.9 Å². The van der Waals surface area contributed by atoms with Crippen molar-refractivity contribution in [1.82, 2.24) is 14.9 Å². The molecule has 1 heterocycles. The number of imidazole rings is 1. The zero-order chi connectivity index (χ0) is 16.2. The predicted octanol–water partition coefficient (Wildman–Crippen LogP) is 3.70. The third-order valence-corrected chi connectivity index (χ3v) is 4.38. The van der Waals surface area contributed by atoms with Gasteiger partial charge in [-0.25, -0.2) is 4.98 Å². The highest BCUT2D eigenvalue weighted by Crippen LogP contribution is 2.15. The van der Waals surface area contributed by atoms with Crippen molar-refractivity contribution in [2.75, 3.05) is 6.54 Å². The van der Waals surface area contributed by atoms with E-state index in [2.05, 4.69) is 36.9 Å². The number of carbonyl (C=O) groups is 1. The van der Waals surface area contributed by atoms with Crippen LogP contribution in [0.3, 0.4) is 0 Å². The smallest absolute Gasteiger partial charge is 0.251 e. The monoisotopic (exact) mass is 371 g/mol. The molecule has 4 nitrogen and oxygen atoms in total. The van der Waals surface area contributed by atoms with Crippen molar-refractivity contribution >= 4 is 32.9 Å². The van der Waals surface area contributed by atoms with Crippen LogP contribution in [0, 0.1) is 0 Å². The lowest BCUT2D eigenvalue weighted by Crippen LogP contribution is -2.24. The van der Waals surface area contributed by atoms with E-state index in [9.17, 15) is 4.79 Å². The van der Waals surface area contributed by atoms with Crippen LogP contribution in [0.4, 0.5) is 0 Å². The van der Waals surface area contributed by atoms with E-state index in [0.717, 1.165) is 34.2 Å². The zero-order valence-corrected chi connectivity index (χ0v) is 14.5. The molecule has 0 atom stereocenters. The summed E-state index contributed by atoms with van der Waals surface area (Å²) in [7, 11) is 2.03. The standard InChI is InChI=1S/C18H18BrN3O/c1-22-16-6-3-2-5-15(16)21-17(22)7-4-12-20-18(23)13-8-10-14(19)11-9-13/h2-3,5-6,8-11H,4,7,12H2,1H3,(H,20,23). The first-order valence-corrected chi connectivity index (χ1v) is 8.38. The summed E-state index contributed by atoms with van der Waals surface area (Å²) in [6.07, 6.45) is 1.70. The summed E-state index contributed by atoms with van der Waals surface area (Å²) in [5, 5.41) is 2.95. The van der Waals surface area contributed by atoms with Gasteiger partial charge in [-0.2, -0.15) is 0 Å². The number of para-hydroxylation sites is 2. The fourth-order valence-electron chi connectivity index (χ4n) is 2.57. The van der Waals surface area contributed by atoms with E-state index in [1.54, 1.807) is 0 Å². The minimum atomic E-state index is -0.0394. The Bertz CT molecular complexity index is 824. The number of fused-ring (bicyclic) bond motifs is 1. The number of amides is 1. The summed E-state index contributed by atoms with van der Waals surface area (Å²) in [5.41, 5.74) is 2.83. The molecule has 0 saturated heterocycles. The molecule has 0 spiro atoms. The fourth-order valence-corrected chi connectivity index (χ4v) is 2.84. The van der Waals surface area contributed by atoms with Crippen LogP contribution in [0.2, 0.25) is 0 Å². The highest BCUT2D eigenvalue weighted by Gasteiger charge is 2.08. The SMILES string of the molecule is Cn1c(CCCNC(=O)c2ccc(Br)cc2)nc2ccccc21. The average molecular weight is 372 g/mol. The quantitative estimate of drug-likeness (QED) is 0.695. The maximum absolute atomic E-state index is 12.0. The van der Waals surface area contributed by atoms with Gasteiger partial charge in [0.15, 0.2) is 0 Å². The Balaban J connectivity index is 1.54. The van der Waals surface area contributed by atoms with Crippen LogP contribution in [-0.4, -0.2) is 22.0 Å². The van der Waals surface area contributed by atoms with E-state index in [0.29, 0.717) is 12.1 Å². The number of nitrogens with zero attached hydrogens (tertiary/aromatic N) is 2. The molecule has 0 aliphatic carbocycles. The Labute approximate surface area is 143 Å². The Morgan fingerprint density at radius 3 is 2.65 bits per heavy atom. The summed E-state index contributed by atoms with van der Waals surface area (Å²) in [6.45, 7) is 0.637. The maximum Gasteiger partial charge on any atom is 0.251 e. The van der Waals surface area contributed by atoms with Gasteiger partial charge in [0.25, 0.3) is 5.91 Å². The molecule has 0 aliphatic rings. The van der Waals surface area contributed by atoms with E-state index >= 15 is 0 Å². The van der Waals surface area contributed by atoms with Crippen LogP contribution < -0.4 is 5.32 Å². The lowest BCUT2D eigenvalue weighted by molar-refractivity contribution is 0.0953. The molecular weight excluding hydrogens is 354 g/mol. The van der Waals surface area contributed by atoms with E-state index in [-0.39, 0.29) is 5.91 Å². The first kappa shape index (κ1) is 15.7. The van der Waals surface area contributed by atoms with Gasteiger partial charge >= 0.3 is 0 Å². The number of aromatic nitrogens is 2. The van der Waals surface area contributed by atoms with Crippen LogP contribution in [0.15, 0.2) is 53.0 Å². The van der Waals surface area contributed by atoms with Crippen molar-refractivity contribution in [3.63, 3.8) is 0 Å². The van der Waals surface area contributed by atoms with Crippen LogP contribution in [0.25, 0.3) is 11.0 Å². The molecule has 3 rings (SSSR count). The van der Waals surface area contributed by atoms with Crippen molar-refractivity contribution in [1.29, 1.82) is 0 Å². The number of halogens is 1. The number of carbonyl (C=O) groups excluding carboxylic acids is 1. The minimum absolute atomic E-state index is 0.0394. The van der Waals surface area contributed by atoms with Gasteiger partial charge in [-0.15, -0.1) is 0 Å². The molecule has 0 saturated carbocycles. The first-order chi connectivity index (χ1) is 11.1. The molecule has 5 heteroatoms. The van der Waals surface area contributed by atoms with E-state index in [1.165, 1.54) is 0 Å². The van der Waals surface area contributed by atoms with Crippen molar-refractivity contribution in [3.8, 4) is 0 Å². The number of aryl methyl sites for hydroxylation is 2. The van der Waals surface area contributed by atoms with Crippen LogP contribution in [-0.2, 0) is 13.5 Å². The molecule has 1 amide bonds. The van der Waals surface area contributed by atoms with E-state index in [1.807, 2.05) is 49.5 Å². The van der Waals surface area contributed by atoms with Crippen molar-refractivity contribution in [2.45, 2.75) is 12.8 Å². The second kappa shape index (κ2) is 6.96. The molecule has 0 unspecified atom stereocenters. The summed E-state index contributed by atoms with van der Waals surface area (Å²) < 4.78 is 3.09. The van der Waals surface area contributed by atoms with Gasteiger partial charge in [0.2, 0.25) is 0 Å². The van der Waals surface area contributed by atoms with Crippen molar-refractivity contribution < 1.29 is 4.79 Å². The third kappa shape index (κ3) is 3.62. The molecule has 0 radical (unpaired) electrons. The van der Waals surface area contributed by atoms with Crippen molar-refractivity contribution in [3.05, 3.63) is 64.4 Å². The van der Waals surface area contributed by atoms with Gasteiger partial charge in [0.1, 0.15) is 5.82 Å². The molecule has 0 aliphatic heterocycles. The number of hydrogen-bond donors (Lipinski definition) is 1. The maximum atomic E-state index is 12.0. The highest BCUT2D eigenvalue weighted by atomic mass is 79.9. The summed E-state index contributed by atoms with van der Waals surface area (Å²) in [4.78, 5) is 16.7. The number of rotatable bonds is 5. The van der Waals surface area contributed by atoms with Gasteiger partial charge in [0, 0.05) is 30.0 Å². The Morgan fingerprint density at radius 1 is 1.17 bits per heavy atom. The Hall–Kier alpha value is -2.14. The highest BCUT2D eigenvalue weighted by molar-refractivity contribution is 9.10. The van der Waals surface area contributed by atoms with Crippen LogP contribution >= 0.6 is 15.9 Å². The van der Waals surface area contributed by atoms with Crippen LogP contribution in [0.5, 0.6) is 0 Å². The third-order valence-electron chi connectivity index (χ3n) is 3.85. The van der Waals surface area contributed by atoms with Gasteiger partial charge in [0.05, 0.1) is 11.0 Å². The molecule has 1 aromatic heterocycles. The zero-order valence-electron chi connectivity index (χ0n) is 12.9.